The molecule has 0 N–H and O–H groups in total. The van der Waals surface area contributed by atoms with Crippen LogP contribution in [0.5, 0.6) is 5.88 Å². The van der Waals surface area contributed by atoms with Crippen LogP contribution in [0.1, 0.15) is 34.6 Å². The van der Waals surface area contributed by atoms with Crippen LogP contribution >= 0.6 is 11.3 Å². The van der Waals surface area contributed by atoms with E-state index < -0.39 is 5.97 Å². The predicted molar refractivity (Wildman–Crippen MR) is 85.8 cm³/mol. The number of aryl methyl sites for hydroxylation is 3. The standard InChI is InChI=1S/C16H18N2O3S/c1-9-6-7-14(8-10(9)2)17-16-18(12(4)19)15(11(3)22-16)21-13(5)20/h6-8H,1-5H3. The van der Waals surface area contributed by atoms with Gasteiger partial charge in [-0.15, -0.1) is 0 Å². The topological polar surface area (TPSA) is 60.7 Å². The summed E-state index contributed by atoms with van der Waals surface area (Å²) in [7, 11) is 0. The first kappa shape index (κ1) is 16.2. The highest BCUT2D eigenvalue weighted by Gasteiger charge is 2.17. The molecule has 0 saturated carbocycles. The predicted octanol–water partition coefficient (Wildman–Crippen LogP) is 3.29. The zero-order chi connectivity index (χ0) is 16.4. The maximum absolute atomic E-state index is 11.9. The van der Waals surface area contributed by atoms with Crippen molar-refractivity contribution in [3.63, 3.8) is 0 Å². The third kappa shape index (κ3) is 3.33. The number of rotatable bonds is 2. The van der Waals surface area contributed by atoms with Crippen LogP contribution in [0.3, 0.4) is 0 Å². The van der Waals surface area contributed by atoms with Gasteiger partial charge in [0.1, 0.15) is 0 Å². The first-order valence-electron chi connectivity index (χ1n) is 6.83. The van der Waals surface area contributed by atoms with Crippen LogP contribution in [-0.4, -0.2) is 16.4 Å². The molecule has 116 valence electrons. The van der Waals surface area contributed by atoms with Crippen molar-refractivity contribution in [3.8, 4) is 5.88 Å². The molecule has 0 radical (unpaired) electrons. The quantitative estimate of drug-likeness (QED) is 0.798. The molecule has 0 bridgehead atoms. The normalized spacial score (nSPS) is 11.6. The number of carbonyl (C=O) groups excluding carboxylic acids is 2. The van der Waals surface area contributed by atoms with Gasteiger partial charge in [-0.05, 0) is 44.0 Å². The first-order chi connectivity index (χ1) is 10.3. The Morgan fingerprint density at radius 3 is 2.36 bits per heavy atom. The van der Waals surface area contributed by atoms with Gasteiger partial charge in [0.05, 0.1) is 10.6 Å². The highest BCUT2D eigenvalue weighted by molar-refractivity contribution is 7.09. The van der Waals surface area contributed by atoms with E-state index in [-0.39, 0.29) is 11.8 Å². The van der Waals surface area contributed by atoms with Gasteiger partial charge in [-0.2, -0.15) is 0 Å². The van der Waals surface area contributed by atoms with E-state index in [1.54, 1.807) is 6.92 Å². The fraction of sp³-hybridized carbons (Fsp3) is 0.312. The number of ether oxygens (including phenoxy) is 1. The zero-order valence-electron chi connectivity index (χ0n) is 13.3. The molecule has 0 aliphatic rings. The lowest BCUT2D eigenvalue weighted by Crippen LogP contribution is -2.22. The lowest BCUT2D eigenvalue weighted by atomic mass is 10.1. The van der Waals surface area contributed by atoms with Crippen LogP contribution in [-0.2, 0) is 4.79 Å². The smallest absolute Gasteiger partial charge is 0.309 e. The van der Waals surface area contributed by atoms with E-state index in [2.05, 4.69) is 4.99 Å². The van der Waals surface area contributed by atoms with Crippen molar-refractivity contribution in [2.45, 2.75) is 34.6 Å². The van der Waals surface area contributed by atoms with Crippen molar-refractivity contribution >= 4 is 28.9 Å². The first-order valence-corrected chi connectivity index (χ1v) is 7.65. The molecule has 1 aromatic heterocycles. The molecule has 6 heteroatoms. The van der Waals surface area contributed by atoms with Gasteiger partial charge in [0.25, 0.3) is 0 Å². The summed E-state index contributed by atoms with van der Waals surface area (Å²) in [6.45, 7) is 8.56. The van der Waals surface area contributed by atoms with Crippen LogP contribution in [0.15, 0.2) is 23.2 Å². The molecule has 22 heavy (non-hydrogen) atoms. The van der Waals surface area contributed by atoms with Crippen LogP contribution in [0, 0.1) is 20.8 Å². The van der Waals surface area contributed by atoms with Gasteiger partial charge in [-0.1, -0.05) is 17.4 Å². The van der Waals surface area contributed by atoms with E-state index in [0.717, 1.165) is 16.1 Å². The number of hydrogen-bond donors (Lipinski definition) is 0. The highest BCUT2D eigenvalue weighted by atomic mass is 32.1. The second kappa shape index (κ2) is 6.27. The Labute approximate surface area is 132 Å². The molecular weight excluding hydrogens is 300 g/mol. The summed E-state index contributed by atoms with van der Waals surface area (Å²) >= 11 is 1.31. The Balaban J connectivity index is 2.64. The van der Waals surface area contributed by atoms with Crippen molar-refractivity contribution in [1.29, 1.82) is 0 Å². The maximum atomic E-state index is 11.9. The monoisotopic (exact) mass is 318 g/mol. The van der Waals surface area contributed by atoms with E-state index in [1.807, 2.05) is 32.0 Å². The third-order valence-electron chi connectivity index (χ3n) is 3.21. The number of nitrogens with zero attached hydrogens (tertiary/aromatic N) is 2. The van der Waals surface area contributed by atoms with Gasteiger partial charge in [0.15, 0.2) is 4.80 Å². The molecule has 2 rings (SSSR count). The van der Waals surface area contributed by atoms with E-state index in [0.29, 0.717) is 4.80 Å². The summed E-state index contributed by atoms with van der Waals surface area (Å²) in [5.41, 5.74) is 3.07. The van der Waals surface area contributed by atoms with E-state index in [9.17, 15) is 9.59 Å². The van der Waals surface area contributed by atoms with Crippen LogP contribution in [0.25, 0.3) is 0 Å². The van der Waals surface area contributed by atoms with E-state index >= 15 is 0 Å². The van der Waals surface area contributed by atoms with E-state index in [1.165, 1.54) is 35.3 Å². The Morgan fingerprint density at radius 2 is 1.82 bits per heavy atom. The average molecular weight is 318 g/mol. The minimum Gasteiger partial charge on any atom is -0.408 e. The Morgan fingerprint density at radius 1 is 1.14 bits per heavy atom. The highest BCUT2D eigenvalue weighted by Crippen LogP contribution is 2.22. The van der Waals surface area contributed by atoms with Gasteiger partial charge in [0, 0.05) is 13.8 Å². The molecule has 0 unspecified atom stereocenters. The van der Waals surface area contributed by atoms with Gasteiger partial charge in [0.2, 0.25) is 11.8 Å². The van der Waals surface area contributed by atoms with Gasteiger partial charge >= 0.3 is 5.97 Å². The number of esters is 1. The number of benzene rings is 1. The maximum Gasteiger partial charge on any atom is 0.309 e. The average Bonchev–Trinajstić information content (AvgIpc) is 2.69. The summed E-state index contributed by atoms with van der Waals surface area (Å²) < 4.78 is 6.48. The molecule has 0 aliphatic heterocycles. The molecule has 0 amide bonds. The Kier molecular flexibility index (Phi) is 4.61. The fourth-order valence-corrected chi connectivity index (χ4v) is 2.93. The largest absolute Gasteiger partial charge is 0.408 e. The van der Waals surface area contributed by atoms with Crippen molar-refractivity contribution < 1.29 is 14.3 Å². The van der Waals surface area contributed by atoms with Crippen molar-refractivity contribution in [3.05, 3.63) is 39.0 Å². The summed E-state index contributed by atoms with van der Waals surface area (Å²) in [6, 6.07) is 5.84. The van der Waals surface area contributed by atoms with Crippen LogP contribution in [0.4, 0.5) is 5.69 Å². The Hall–Kier alpha value is -2.21. The molecule has 1 aromatic carbocycles. The number of aromatic nitrogens is 1. The molecule has 5 nitrogen and oxygen atoms in total. The van der Waals surface area contributed by atoms with Crippen LogP contribution < -0.4 is 9.54 Å². The van der Waals surface area contributed by atoms with Gasteiger partial charge in [-0.25, -0.2) is 9.56 Å². The molecule has 2 aromatic rings. The number of hydrogen-bond acceptors (Lipinski definition) is 5. The molecule has 0 spiro atoms. The lowest BCUT2D eigenvalue weighted by Gasteiger charge is -2.05. The fourth-order valence-electron chi connectivity index (χ4n) is 1.98. The van der Waals surface area contributed by atoms with Gasteiger partial charge < -0.3 is 4.74 Å². The summed E-state index contributed by atoms with van der Waals surface area (Å²) in [5, 5.41) is 0. The van der Waals surface area contributed by atoms with Crippen molar-refractivity contribution in [1.82, 2.24) is 4.57 Å². The Bertz CT molecular complexity index is 815. The molecule has 1 heterocycles. The second-order valence-corrected chi connectivity index (χ2v) is 6.26. The second-order valence-electron chi connectivity index (χ2n) is 5.07. The SMILES string of the molecule is CC(=O)Oc1c(C)sc(=Nc2ccc(C)c(C)c2)n1C(C)=O. The molecule has 0 aliphatic carbocycles. The zero-order valence-corrected chi connectivity index (χ0v) is 14.1. The summed E-state index contributed by atoms with van der Waals surface area (Å²) in [4.78, 5) is 28.9. The third-order valence-corrected chi connectivity index (χ3v) is 4.15. The lowest BCUT2D eigenvalue weighted by molar-refractivity contribution is -0.132. The number of carbonyl (C=O) groups is 2. The van der Waals surface area contributed by atoms with Crippen LogP contribution in [0.2, 0.25) is 0 Å². The summed E-state index contributed by atoms with van der Waals surface area (Å²) in [5.74, 6) is -0.468. The van der Waals surface area contributed by atoms with Crippen molar-refractivity contribution in [2.75, 3.05) is 0 Å². The number of thiazole rings is 1. The van der Waals surface area contributed by atoms with E-state index in [4.69, 9.17) is 4.74 Å². The molecule has 0 saturated heterocycles. The minimum atomic E-state index is -0.464. The molecule has 0 atom stereocenters. The van der Waals surface area contributed by atoms with Gasteiger partial charge in [-0.3, -0.25) is 9.59 Å². The molecule has 0 fully saturated rings. The molecular formula is C16H18N2O3S. The summed E-state index contributed by atoms with van der Waals surface area (Å²) in [6.07, 6.45) is 0. The minimum absolute atomic E-state index is 0.243. The van der Waals surface area contributed by atoms with Crippen molar-refractivity contribution in [2.24, 2.45) is 4.99 Å².